The number of hydrogen-bond acceptors (Lipinski definition) is 4. The number of nitrogens with zero attached hydrogens (tertiary/aromatic N) is 2. The van der Waals surface area contributed by atoms with Gasteiger partial charge in [-0.05, 0) is 27.1 Å². The molecule has 0 spiro atoms. The van der Waals surface area contributed by atoms with Crippen molar-refractivity contribution in [3.63, 3.8) is 0 Å². The van der Waals surface area contributed by atoms with Crippen LogP contribution in [0.5, 0.6) is 0 Å². The number of carbonyl (C=O) groups is 1. The van der Waals surface area contributed by atoms with E-state index in [-0.39, 0.29) is 12.5 Å². The summed E-state index contributed by atoms with van der Waals surface area (Å²) in [7, 11) is 4.12. The fourth-order valence-corrected chi connectivity index (χ4v) is 2.08. The second-order valence-electron chi connectivity index (χ2n) is 4.50. The van der Waals surface area contributed by atoms with Crippen LogP contribution >= 0.6 is 0 Å². The molecule has 1 aliphatic rings. The van der Waals surface area contributed by atoms with E-state index in [0.717, 1.165) is 19.5 Å². The van der Waals surface area contributed by atoms with Gasteiger partial charge in [0.25, 0.3) is 0 Å². The molecule has 2 unspecified atom stereocenters. The fourth-order valence-electron chi connectivity index (χ4n) is 2.08. The summed E-state index contributed by atoms with van der Waals surface area (Å²) in [6.45, 7) is 2.82. The molecule has 0 aromatic carbocycles. The normalized spacial score (nSPS) is 24.7. The zero-order chi connectivity index (χ0) is 11.4. The molecule has 1 aliphatic heterocycles. The lowest BCUT2D eigenvalue weighted by atomic mass is 10.1. The number of hydrogen-bond donors (Lipinski definition) is 2. The van der Waals surface area contributed by atoms with Gasteiger partial charge in [-0.3, -0.25) is 4.79 Å². The predicted molar refractivity (Wildman–Crippen MR) is 58.8 cm³/mol. The molecule has 0 aromatic rings. The average Bonchev–Trinajstić information content (AvgIpc) is 2.49. The standard InChI is InChI=1S/C10H21N3O2/c1-12-4-3-9(7-12)13(2)6-8(11)5-10(14)15/h8-9H,3-7,11H2,1-2H3,(H,14,15). The van der Waals surface area contributed by atoms with Crippen LogP contribution in [0.15, 0.2) is 0 Å². The molecule has 0 amide bonds. The van der Waals surface area contributed by atoms with Crippen molar-refractivity contribution in [2.24, 2.45) is 5.73 Å². The van der Waals surface area contributed by atoms with E-state index in [1.807, 2.05) is 7.05 Å². The van der Waals surface area contributed by atoms with Gasteiger partial charge in [0.05, 0.1) is 6.42 Å². The van der Waals surface area contributed by atoms with E-state index in [0.29, 0.717) is 12.6 Å². The van der Waals surface area contributed by atoms with Crippen LogP contribution in [0.1, 0.15) is 12.8 Å². The summed E-state index contributed by atoms with van der Waals surface area (Å²) in [5.74, 6) is -0.820. The second-order valence-corrected chi connectivity index (χ2v) is 4.50. The lowest BCUT2D eigenvalue weighted by Crippen LogP contribution is -2.42. The van der Waals surface area contributed by atoms with Crippen molar-refractivity contribution in [2.75, 3.05) is 33.7 Å². The molecule has 0 radical (unpaired) electrons. The Labute approximate surface area is 90.8 Å². The summed E-state index contributed by atoms with van der Waals surface area (Å²) in [5, 5.41) is 8.60. The van der Waals surface area contributed by atoms with E-state index >= 15 is 0 Å². The number of likely N-dealkylation sites (N-methyl/N-ethyl adjacent to an activating group) is 2. The Bertz CT molecular complexity index is 223. The molecule has 1 heterocycles. The predicted octanol–water partition coefficient (Wildman–Crippen LogP) is -0.576. The molecule has 1 fully saturated rings. The third-order valence-electron chi connectivity index (χ3n) is 2.95. The van der Waals surface area contributed by atoms with Crippen LogP contribution in [-0.4, -0.2) is 66.7 Å². The van der Waals surface area contributed by atoms with Crippen LogP contribution in [0.25, 0.3) is 0 Å². The summed E-state index contributed by atoms with van der Waals surface area (Å²) in [4.78, 5) is 14.9. The highest BCUT2D eigenvalue weighted by Gasteiger charge is 2.24. The summed E-state index contributed by atoms with van der Waals surface area (Å²) in [5.41, 5.74) is 5.74. The number of rotatable bonds is 5. The molecule has 15 heavy (non-hydrogen) atoms. The van der Waals surface area contributed by atoms with Crippen molar-refractivity contribution in [2.45, 2.75) is 24.9 Å². The maximum atomic E-state index is 10.5. The summed E-state index contributed by atoms with van der Waals surface area (Å²) in [6.07, 6.45) is 1.19. The minimum Gasteiger partial charge on any atom is -0.481 e. The van der Waals surface area contributed by atoms with Crippen LogP contribution in [0.3, 0.4) is 0 Å². The van der Waals surface area contributed by atoms with Gasteiger partial charge in [0.15, 0.2) is 0 Å². The van der Waals surface area contributed by atoms with Gasteiger partial charge in [0, 0.05) is 25.2 Å². The van der Waals surface area contributed by atoms with Crippen molar-refractivity contribution in [1.82, 2.24) is 9.80 Å². The quantitative estimate of drug-likeness (QED) is 0.642. The average molecular weight is 215 g/mol. The van der Waals surface area contributed by atoms with E-state index < -0.39 is 5.97 Å². The van der Waals surface area contributed by atoms with Crippen LogP contribution < -0.4 is 5.73 Å². The molecule has 5 nitrogen and oxygen atoms in total. The maximum Gasteiger partial charge on any atom is 0.304 e. The number of aliphatic carboxylic acids is 1. The number of carboxylic acids is 1. The van der Waals surface area contributed by atoms with Gasteiger partial charge in [-0.1, -0.05) is 0 Å². The topological polar surface area (TPSA) is 69.8 Å². The van der Waals surface area contributed by atoms with Crippen molar-refractivity contribution in [1.29, 1.82) is 0 Å². The Kier molecular flexibility index (Phi) is 4.50. The molecule has 88 valence electrons. The Morgan fingerprint density at radius 2 is 2.40 bits per heavy atom. The fraction of sp³-hybridized carbons (Fsp3) is 0.900. The van der Waals surface area contributed by atoms with Crippen molar-refractivity contribution in [3.8, 4) is 0 Å². The molecule has 0 aliphatic carbocycles. The Hall–Kier alpha value is -0.650. The second kappa shape index (κ2) is 5.44. The van der Waals surface area contributed by atoms with E-state index in [4.69, 9.17) is 10.8 Å². The Morgan fingerprint density at radius 1 is 1.73 bits per heavy atom. The van der Waals surface area contributed by atoms with Gasteiger partial charge in [-0.15, -0.1) is 0 Å². The maximum absolute atomic E-state index is 10.5. The molecule has 2 atom stereocenters. The zero-order valence-electron chi connectivity index (χ0n) is 9.52. The number of nitrogens with two attached hydrogens (primary N) is 1. The van der Waals surface area contributed by atoms with E-state index in [1.54, 1.807) is 0 Å². The molecular weight excluding hydrogens is 194 g/mol. The van der Waals surface area contributed by atoms with Gasteiger partial charge in [-0.2, -0.15) is 0 Å². The third-order valence-corrected chi connectivity index (χ3v) is 2.95. The molecule has 0 saturated carbocycles. The number of carboxylic acid groups (broad SMARTS) is 1. The van der Waals surface area contributed by atoms with Crippen LogP contribution in [-0.2, 0) is 4.79 Å². The minimum absolute atomic E-state index is 0.0485. The SMILES string of the molecule is CN1CCC(N(C)CC(N)CC(=O)O)C1. The lowest BCUT2D eigenvalue weighted by molar-refractivity contribution is -0.137. The lowest BCUT2D eigenvalue weighted by Gasteiger charge is -2.26. The summed E-state index contributed by atoms with van der Waals surface area (Å²) < 4.78 is 0. The monoisotopic (exact) mass is 215 g/mol. The first kappa shape index (κ1) is 12.4. The molecule has 1 saturated heterocycles. The minimum atomic E-state index is -0.820. The highest BCUT2D eigenvalue weighted by molar-refractivity contribution is 5.67. The highest BCUT2D eigenvalue weighted by Crippen LogP contribution is 2.12. The van der Waals surface area contributed by atoms with Crippen molar-refractivity contribution >= 4 is 5.97 Å². The highest BCUT2D eigenvalue weighted by atomic mass is 16.4. The summed E-state index contributed by atoms with van der Waals surface area (Å²) >= 11 is 0. The van der Waals surface area contributed by atoms with E-state index in [1.165, 1.54) is 0 Å². The molecule has 1 rings (SSSR count). The molecule has 5 heteroatoms. The molecule has 3 N–H and O–H groups in total. The molecule has 0 aromatic heterocycles. The first-order valence-corrected chi connectivity index (χ1v) is 5.35. The largest absolute Gasteiger partial charge is 0.481 e. The van der Waals surface area contributed by atoms with E-state index in [2.05, 4.69) is 16.8 Å². The number of likely N-dealkylation sites (tertiary alicyclic amines) is 1. The van der Waals surface area contributed by atoms with Gasteiger partial charge in [0.2, 0.25) is 0 Å². The van der Waals surface area contributed by atoms with Gasteiger partial charge < -0.3 is 20.6 Å². The Balaban J connectivity index is 2.28. The third kappa shape index (κ3) is 4.15. The van der Waals surface area contributed by atoms with Crippen LogP contribution in [0, 0.1) is 0 Å². The van der Waals surface area contributed by atoms with Crippen LogP contribution in [0.4, 0.5) is 0 Å². The van der Waals surface area contributed by atoms with Gasteiger partial charge in [-0.25, -0.2) is 0 Å². The Morgan fingerprint density at radius 3 is 2.87 bits per heavy atom. The molecule has 0 bridgehead atoms. The molecular formula is C10H21N3O2. The van der Waals surface area contributed by atoms with Gasteiger partial charge >= 0.3 is 5.97 Å². The first-order chi connectivity index (χ1) is 6.99. The zero-order valence-corrected chi connectivity index (χ0v) is 9.52. The van der Waals surface area contributed by atoms with Crippen LogP contribution in [0.2, 0.25) is 0 Å². The van der Waals surface area contributed by atoms with Crippen molar-refractivity contribution < 1.29 is 9.90 Å². The smallest absolute Gasteiger partial charge is 0.304 e. The van der Waals surface area contributed by atoms with E-state index in [9.17, 15) is 4.79 Å². The first-order valence-electron chi connectivity index (χ1n) is 5.35. The van der Waals surface area contributed by atoms with Crippen molar-refractivity contribution in [3.05, 3.63) is 0 Å². The van der Waals surface area contributed by atoms with Gasteiger partial charge in [0.1, 0.15) is 0 Å². The summed E-state index contributed by atoms with van der Waals surface area (Å²) in [6, 6.07) is 0.258.